The maximum absolute atomic E-state index is 12.7. The molecule has 31 heavy (non-hydrogen) atoms. The van der Waals surface area contributed by atoms with Crippen LogP contribution in [0.25, 0.3) is 10.6 Å². The second-order valence-corrected chi connectivity index (χ2v) is 10.8. The fourth-order valence-electron chi connectivity index (χ4n) is 2.75. The highest BCUT2D eigenvalue weighted by molar-refractivity contribution is 7.91. The second-order valence-electron chi connectivity index (χ2n) is 7.76. The Kier molecular flexibility index (Phi) is 6.65. The Bertz CT molecular complexity index is 1100. The number of hydrogen-bond donors (Lipinski definition) is 1. The summed E-state index contributed by atoms with van der Waals surface area (Å²) in [6, 6.07) is 7.09. The Balaban J connectivity index is 1.65. The lowest BCUT2D eigenvalue weighted by Crippen LogP contribution is -2.44. The molecule has 0 amide bonds. The lowest BCUT2D eigenvalue weighted by molar-refractivity contribution is -0.142. The summed E-state index contributed by atoms with van der Waals surface area (Å²) in [7, 11) is -3.84. The van der Waals surface area contributed by atoms with Crippen molar-refractivity contribution in [3.05, 3.63) is 48.0 Å². The van der Waals surface area contributed by atoms with Crippen LogP contribution in [-0.4, -0.2) is 37.1 Å². The molecule has 0 radical (unpaired) electrons. The van der Waals surface area contributed by atoms with E-state index in [1.54, 1.807) is 12.3 Å². The molecule has 170 valence electrons. The molecule has 0 fully saturated rings. The molecule has 0 spiro atoms. The van der Waals surface area contributed by atoms with Crippen molar-refractivity contribution in [1.82, 2.24) is 14.8 Å². The number of thiophene rings is 1. The summed E-state index contributed by atoms with van der Waals surface area (Å²) in [5, 5.41) is 2.99. The molecule has 0 aliphatic heterocycles. The van der Waals surface area contributed by atoms with E-state index in [9.17, 15) is 21.6 Å². The molecular weight excluding hydrogens is 455 g/mol. The highest BCUT2D eigenvalue weighted by Crippen LogP contribution is 2.35. The quantitative estimate of drug-likeness (QED) is 0.510. The highest BCUT2D eigenvalue weighted by Gasteiger charge is 2.35. The summed E-state index contributed by atoms with van der Waals surface area (Å²) in [6.07, 6.45) is -3.05. The molecule has 3 aromatic heterocycles. The summed E-state index contributed by atoms with van der Waals surface area (Å²) >= 11 is 0.805. The summed E-state index contributed by atoms with van der Waals surface area (Å²) in [4.78, 5) is 2.30. The second kappa shape index (κ2) is 8.77. The SMILES string of the molecule is CC(C)(C)N(CCNS(=O)(=O)c1ccc(-c2cc(C(F)(F)F)no2)s1)Cc1ccco1. The molecular formula is C19H22F3N3O4S2. The van der Waals surface area contributed by atoms with Crippen molar-refractivity contribution in [1.29, 1.82) is 0 Å². The maximum Gasteiger partial charge on any atom is 0.436 e. The van der Waals surface area contributed by atoms with Crippen LogP contribution in [0.15, 0.2) is 49.7 Å². The van der Waals surface area contributed by atoms with Gasteiger partial charge in [-0.25, -0.2) is 13.1 Å². The molecule has 0 saturated carbocycles. The molecule has 3 heterocycles. The van der Waals surface area contributed by atoms with Crippen LogP contribution in [0, 0.1) is 0 Å². The molecule has 3 aromatic rings. The molecule has 3 rings (SSSR count). The number of nitrogens with one attached hydrogen (secondary N) is 1. The standard InChI is InChI=1S/C19H22F3N3O4S2/c1-18(2,3)25(12-13-5-4-10-28-13)9-8-23-31(26,27)17-7-6-15(30-17)14-11-16(24-29-14)19(20,21)22/h4-7,10-11,23H,8-9,12H2,1-3H3. The summed E-state index contributed by atoms with van der Waals surface area (Å²) in [6.45, 7) is 7.15. The number of hydrogen-bond acceptors (Lipinski definition) is 7. The van der Waals surface area contributed by atoms with E-state index < -0.39 is 21.9 Å². The van der Waals surface area contributed by atoms with E-state index in [-0.39, 0.29) is 26.9 Å². The van der Waals surface area contributed by atoms with Gasteiger partial charge in [0.25, 0.3) is 0 Å². The third-order valence-electron chi connectivity index (χ3n) is 4.44. The molecule has 0 unspecified atom stereocenters. The van der Waals surface area contributed by atoms with Crippen LogP contribution < -0.4 is 4.72 Å². The highest BCUT2D eigenvalue weighted by atomic mass is 32.2. The largest absolute Gasteiger partial charge is 0.468 e. The number of halogens is 3. The van der Waals surface area contributed by atoms with Gasteiger partial charge in [0.05, 0.1) is 17.7 Å². The van der Waals surface area contributed by atoms with Crippen molar-refractivity contribution in [2.75, 3.05) is 13.1 Å². The van der Waals surface area contributed by atoms with Gasteiger partial charge < -0.3 is 8.94 Å². The first kappa shape index (κ1) is 23.5. The first-order valence-corrected chi connectivity index (χ1v) is 11.6. The molecule has 0 atom stereocenters. The van der Waals surface area contributed by atoms with E-state index in [2.05, 4.69) is 14.8 Å². The normalized spacial score (nSPS) is 13.3. The van der Waals surface area contributed by atoms with Gasteiger partial charge in [-0.05, 0) is 45.0 Å². The summed E-state index contributed by atoms with van der Waals surface area (Å²) in [5.74, 6) is 0.627. The van der Waals surface area contributed by atoms with Gasteiger partial charge in [-0.2, -0.15) is 13.2 Å². The molecule has 1 N–H and O–H groups in total. The number of rotatable bonds is 8. The zero-order valence-corrected chi connectivity index (χ0v) is 18.7. The van der Waals surface area contributed by atoms with Crippen molar-refractivity contribution in [2.45, 2.75) is 43.2 Å². The lowest BCUT2D eigenvalue weighted by Gasteiger charge is -2.35. The summed E-state index contributed by atoms with van der Waals surface area (Å²) < 4.78 is 75.9. The van der Waals surface area contributed by atoms with Crippen LogP contribution >= 0.6 is 11.3 Å². The van der Waals surface area contributed by atoms with E-state index in [1.165, 1.54) is 12.1 Å². The van der Waals surface area contributed by atoms with Crippen molar-refractivity contribution in [2.24, 2.45) is 0 Å². The zero-order valence-electron chi connectivity index (χ0n) is 17.1. The van der Waals surface area contributed by atoms with E-state index in [0.29, 0.717) is 13.1 Å². The monoisotopic (exact) mass is 477 g/mol. The van der Waals surface area contributed by atoms with Crippen molar-refractivity contribution < 1.29 is 30.5 Å². The lowest BCUT2D eigenvalue weighted by atomic mass is 10.1. The van der Waals surface area contributed by atoms with Gasteiger partial charge in [0.2, 0.25) is 10.0 Å². The zero-order chi connectivity index (χ0) is 22.9. The molecule has 7 nitrogen and oxygen atoms in total. The number of alkyl halides is 3. The summed E-state index contributed by atoms with van der Waals surface area (Å²) in [5.41, 5.74) is -1.39. The van der Waals surface area contributed by atoms with Gasteiger partial charge in [-0.3, -0.25) is 4.90 Å². The third-order valence-corrected chi connectivity index (χ3v) is 7.49. The van der Waals surface area contributed by atoms with E-state index in [0.717, 1.165) is 23.2 Å². The Morgan fingerprint density at radius 3 is 2.52 bits per heavy atom. The van der Waals surface area contributed by atoms with Crippen LogP contribution in [0.1, 0.15) is 32.2 Å². The minimum Gasteiger partial charge on any atom is -0.468 e. The predicted molar refractivity (Wildman–Crippen MR) is 109 cm³/mol. The Morgan fingerprint density at radius 1 is 1.19 bits per heavy atom. The Morgan fingerprint density at radius 2 is 1.94 bits per heavy atom. The van der Waals surface area contributed by atoms with E-state index in [4.69, 9.17) is 8.94 Å². The Hall–Kier alpha value is -2.15. The van der Waals surface area contributed by atoms with Crippen molar-refractivity contribution in [3.63, 3.8) is 0 Å². The van der Waals surface area contributed by atoms with E-state index >= 15 is 0 Å². The van der Waals surface area contributed by atoms with Crippen LogP contribution in [0.2, 0.25) is 0 Å². The van der Waals surface area contributed by atoms with Crippen LogP contribution in [0.5, 0.6) is 0 Å². The van der Waals surface area contributed by atoms with Gasteiger partial charge >= 0.3 is 6.18 Å². The minimum absolute atomic E-state index is 0.0270. The first-order valence-electron chi connectivity index (χ1n) is 9.27. The van der Waals surface area contributed by atoms with Gasteiger partial charge in [0.1, 0.15) is 9.97 Å². The van der Waals surface area contributed by atoms with Gasteiger partial charge in [-0.1, -0.05) is 5.16 Å². The molecule has 0 aliphatic rings. The van der Waals surface area contributed by atoms with Gasteiger partial charge in [0, 0.05) is 24.7 Å². The molecule has 0 aromatic carbocycles. The van der Waals surface area contributed by atoms with Crippen molar-refractivity contribution >= 4 is 21.4 Å². The van der Waals surface area contributed by atoms with Gasteiger partial charge in [-0.15, -0.1) is 11.3 Å². The fourth-order valence-corrected chi connectivity index (χ4v) is 5.07. The third kappa shape index (κ3) is 5.97. The average molecular weight is 478 g/mol. The van der Waals surface area contributed by atoms with E-state index in [1.807, 2.05) is 26.8 Å². The number of sulfonamides is 1. The maximum atomic E-state index is 12.7. The number of furan rings is 1. The fraction of sp³-hybridized carbons (Fsp3) is 0.421. The minimum atomic E-state index is -4.63. The van der Waals surface area contributed by atoms with Crippen molar-refractivity contribution in [3.8, 4) is 10.6 Å². The predicted octanol–water partition coefficient (Wildman–Crippen LogP) is 4.59. The van der Waals surface area contributed by atoms with Gasteiger partial charge in [0.15, 0.2) is 11.5 Å². The molecule has 0 saturated heterocycles. The first-order chi connectivity index (χ1) is 14.4. The number of nitrogens with zero attached hydrogens (tertiary/aromatic N) is 2. The number of aromatic nitrogens is 1. The molecule has 12 heteroatoms. The van der Waals surface area contributed by atoms with Crippen LogP contribution in [0.4, 0.5) is 13.2 Å². The Labute approximate surface area is 181 Å². The van der Waals surface area contributed by atoms with Crippen LogP contribution in [-0.2, 0) is 22.7 Å². The molecule has 0 bridgehead atoms. The van der Waals surface area contributed by atoms with Crippen LogP contribution in [0.3, 0.4) is 0 Å². The average Bonchev–Trinajstić information content (AvgIpc) is 3.39. The molecule has 0 aliphatic carbocycles. The smallest absolute Gasteiger partial charge is 0.436 e. The topological polar surface area (TPSA) is 88.6 Å².